The Hall–Kier alpha value is -4.15. The first kappa shape index (κ1) is 41.5. The van der Waals surface area contributed by atoms with Crippen LogP contribution in [0.4, 0.5) is 4.79 Å². The van der Waals surface area contributed by atoms with Crippen LogP contribution in [0.1, 0.15) is 98.8 Å². The maximum Gasteiger partial charge on any atom is 0.508 e. The van der Waals surface area contributed by atoms with E-state index in [1.54, 1.807) is 24.3 Å². The maximum absolute atomic E-state index is 13.9. The number of hydrogen-bond acceptors (Lipinski definition) is 9. The monoisotopic (exact) mass is 780 g/mol. The summed E-state index contributed by atoms with van der Waals surface area (Å²) >= 11 is 1.49. The van der Waals surface area contributed by atoms with E-state index in [1.807, 2.05) is 30.3 Å². The number of hydrogen-bond donors (Lipinski definition) is 0. The molecule has 1 saturated heterocycles. The summed E-state index contributed by atoms with van der Waals surface area (Å²) < 4.78 is 38.2. The SMILES string of the molecule is CCCCOCC1O[C@@H](Sc2cc(C(C)(C)C)ccc2C)C(OC(=O)c2ccccc2)C(OCCCC)[C@@H]1OC(=O)OCC1c2ccccc2-c2ccccc21. The van der Waals surface area contributed by atoms with Crippen molar-refractivity contribution in [2.24, 2.45) is 0 Å². The molecule has 0 saturated carbocycles. The van der Waals surface area contributed by atoms with Crippen LogP contribution in [0, 0.1) is 6.92 Å². The first-order chi connectivity index (χ1) is 27.1. The number of carbonyl (C=O) groups is 2. The summed E-state index contributed by atoms with van der Waals surface area (Å²) in [4.78, 5) is 28.7. The van der Waals surface area contributed by atoms with E-state index in [4.69, 9.17) is 28.4 Å². The average molecular weight is 781 g/mol. The van der Waals surface area contributed by atoms with Crippen molar-refractivity contribution in [3.63, 3.8) is 0 Å². The van der Waals surface area contributed by atoms with Crippen molar-refractivity contribution >= 4 is 23.9 Å². The molecule has 298 valence electrons. The molecule has 4 aromatic rings. The molecule has 0 aromatic heterocycles. The highest BCUT2D eigenvalue weighted by molar-refractivity contribution is 7.99. The number of carbonyl (C=O) groups excluding carboxylic acids is 2. The predicted octanol–water partition coefficient (Wildman–Crippen LogP) is 10.7. The van der Waals surface area contributed by atoms with Crippen LogP contribution in [0.25, 0.3) is 11.1 Å². The molecule has 6 rings (SSSR count). The van der Waals surface area contributed by atoms with Crippen LogP contribution < -0.4 is 0 Å². The molecule has 5 atom stereocenters. The molecule has 3 unspecified atom stereocenters. The molecule has 1 fully saturated rings. The highest BCUT2D eigenvalue weighted by Gasteiger charge is 2.52. The van der Waals surface area contributed by atoms with Gasteiger partial charge in [0.15, 0.2) is 12.2 Å². The Bertz CT molecular complexity index is 1860. The fourth-order valence-electron chi connectivity index (χ4n) is 7.19. The van der Waals surface area contributed by atoms with Gasteiger partial charge in [-0.3, -0.25) is 0 Å². The quantitative estimate of drug-likeness (QED) is 0.0814. The van der Waals surface area contributed by atoms with E-state index in [2.05, 4.69) is 84.0 Å². The van der Waals surface area contributed by atoms with Crippen molar-refractivity contribution in [2.45, 2.75) is 113 Å². The maximum atomic E-state index is 13.9. The van der Waals surface area contributed by atoms with E-state index >= 15 is 0 Å². The van der Waals surface area contributed by atoms with Gasteiger partial charge in [-0.25, -0.2) is 9.59 Å². The summed E-state index contributed by atoms with van der Waals surface area (Å²) in [5, 5.41) is 0. The van der Waals surface area contributed by atoms with Gasteiger partial charge < -0.3 is 28.4 Å². The van der Waals surface area contributed by atoms with E-state index in [0.29, 0.717) is 18.8 Å². The molecule has 0 N–H and O–H groups in total. The van der Waals surface area contributed by atoms with Gasteiger partial charge in [0.2, 0.25) is 0 Å². The Morgan fingerprint density at radius 2 is 1.38 bits per heavy atom. The van der Waals surface area contributed by atoms with Crippen LogP contribution in [-0.4, -0.2) is 68.4 Å². The molecular formula is C47H56O8S. The van der Waals surface area contributed by atoms with Crippen LogP contribution in [0.5, 0.6) is 0 Å². The number of thioether (sulfide) groups is 1. The molecule has 0 radical (unpaired) electrons. The van der Waals surface area contributed by atoms with Gasteiger partial charge in [0.05, 0.1) is 12.2 Å². The second kappa shape index (κ2) is 19.3. The summed E-state index contributed by atoms with van der Waals surface area (Å²) in [7, 11) is 0. The zero-order valence-corrected chi connectivity index (χ0v) is 34.3. The highest BCUT2D eigenvalue weighted by Crippen LogP contribution is 2.45. The summed E-state index contributed by atoms with van der Waals surface area (Å²) in [6, 6.07) is 31.7. The fraction of sp³-hybridized carbons (Fsp3) is 0.447. The molecule has 9 heteroatoms. The van der Waals surface area contributed by atoms with Crippen LogP contribution in [0.3, 0.4) is 0 Å². The van der Waals surface area contributed by atoms with Crippen LogP contribution >= 0.6 is 11.8 Å². The Morgan fingerprint density at radius 3 is 2.04 bits per heavy atom. The molecule has 1 aliphatic carbocycles. The van der Waals surface area contributed by atoms with E-state index < -0.39 is 42.0 Å². The zero-order chi connectivity index (χ0) is 39.7. The Balaban J connectivity index is 1.32. The third-order valence-corrected chi connectivity index (χ3v) is 11.7. The topological polar surface area (TPSA) is 89.5 Å². The summed E-state index contributed by atoms with van der Waals surface area (Å²) in [6.07, 6.45) is -0.954. The Morgan fingerprint density at radius 1 is 0.732 bits per heavy atom. The zero-order valence-electron chi connectivity index (χ0n) is 33.5. The number of ether oxygens (including phenoxy) is 6. The molecule has 4 aromatic carbocycles. The first-order valence-electron chi connectivity index (χ1n) is 20.0. The second-order valence-electron chi connectivity index (χ2n) is 15.6. The smallest absolute Gasteiger partial charge is 0.452 e. The van der Waals surface area contributed by atoms with Gasteiger partial charge in [0.25, 0.3) is 0 Å². The van der Waals surface area contributed by atoms with Crippen molar-refractivity contribution in [2.75, 3.05) is 26.4 Å². The van der Waals surface area contributed by atoms with Crippen LogP contribution in [0.15, 0.2) is 102 Å². The summed E-state index contributed by atoms with van der Waals surface area (Å²) in [6.45, 7) is 13.9. The lowest BCUT2D eigenvalue weighted by Gasteiger charge is -2.45. The normalized spacial score (nSPS) is 20.6. The van der Waals surface area contributed by atoms with Crippen LogP contribution in [0.2, 0.25) is 0 Å². The standard InChI is InChI=1S/C47H56O8S/c1-7-9-26-50-30-39-41(55-46(49)52-29-38-36-22-16-14-20-34(36)35-21-15-17-23-37(35)38)42(51-27-10-8-2)43(54-44(48)32-18-12-11-13-19-32)45(53-39)56-40-28-33(47(4,5)6)25-24-31(40)3/h11-25,28,38-39,41-43,45H,7-10,26-27,29-30H2,1-6H3/t39?,41-,42?,43?,45+/m1/s1. The third-order valence-electron chi connectivity index (χ3n) is 10.4. The number of esters is 1. The van der Waals surface area contributed by atoms with Crippen molar-refractivity contribution in [1.82, 2.24) is 0 Å². The second-order valence-corrected chi connectivity index (χ2v) is 16.8. The van der Waals surface area contributed by atoms with Gasteiger partial charge in [-0.1, -0.05) is 138 Å². The molecule has 0 amide bonds. The minimum atomic E-state index is -1.00. The van der Waals surface area contributed by atoms with Crippen molar-refractivity contribution < 1.29 is 38.0 Å². The van der Waals surface area contributed by atoms with Crippen molar-refractivity contribution in [1.29, 1.82) is 0 Å². The molecule has 8 nitrogen and oxygen atoms in total. The van der Waals surface area contributed by atoms with Gasteiger partial charge in [0.1, 0.15) is 24.3 Å². The molecular weight excluding hydrogens is 725 g/mol. The van der Waals surface area contributed by atoms with Gasteiger partial charge in [0, 0.05) is 24.0 Å². The lowest BCUT2D eigenvalue weighted by Crippen LogP contribution is -2.61. The van der Waals surface area contributed by atoms with Gasteiger partial charge in [-0.15, -0.1) is 0 Å². The van der Waals surface area contributed by atoms with E-state index in [9.17, 15) is 9.59 Å². The lowest BCUT2D eigenvalue weighted by atomic mass is 9.87. The average Bonchev–Trinajstić information content (AvgIpc) is 3.52. The number of benzene rings is 4. The van der Waals surface area contributed by atoms with Crippen molar-refractivity contribution in [3.05, 3.63) is 125 Å². The van der Waals surface area contributed by atoms with Gasteiger partial charge >= 0.3 is 12.1 Å². The molecule has 1 aliphatic heterocycles. The van der Waals surface area contributed by atoms with E-state index in [-0.39, 0.29) is 24.5 Å². The van der Waals surface area contributed by atoms with E-state index in [1.165, 1.54) is 17.3 Å². The van der Waals surface area contributed by atoms with Gasteiger partial charge in [-0.2, -0.15) is 0 Å². The number of unbranched alkanes of at least 4 members (excludes halogenated alkanes) is 2. The molecule has 1 heterocycles. The molecule has 0 bridgehead atoms. The predicted molar refractivity (Wildman–Crippen MR) is 220 cm³/mol. The summed E-state index contributed by atoms with van der Waals surface area (Å²) in [5.41, 5.74) is 6.30. The fourth-order valence-corrected chi connectivity index (χ4v) is 8.44. The largest absolute Gasteiger partial charge is 0.508 e. The Labute approximate surface area is 336 Å². The first-order valence-corrected chi connectivity index (χ1v) is 20.9. The highest BCUT2D eigenvalue weighted by atomic mass is 32.2. The van der Waals surface area contributed by atoms with Crippen molar-refractivity contribution in [3.8, 4) is 11.1 Å². The lowest BCUT2D eigenvalue weighted by molar-refractivity contribution is -0.227. The molecule has 56 heavy (non-hydrogen) atoms. The Kier molecular flexibility index (Phi) is 14.3. The van der Waals surface area contributed by atoms with Gasteiger partial charge in [-0.05, 0) is 76.8 Å². The summed E-state index contributed by atoms with van der Waals surface area (Å²) in [5.74, 6) is -0.665. The minimum absolute atomic E-state index is 0.0843. The number of aryl methyl sites for hydroxylation is 1. The van der Waals surface area contributed by atoms with Crippen LogP contribution in [-0.2, 0) is 33.8 Å². The van der Waals surface area contributed by atoms with E-state index in [0.717, 1.165) is 58.4 Å². The minimum Gasteiger partial charge on any atom is -0.452 e. The molecule has 0 spiro atoms. The number of rotatable bonds is 16. The third kappa shape index (κ3) is 10.0. The molecule has 2 aliphatic rings. The number of fused-ring (bicyclic) bond motifs is 3.